The van der Waals surface area contributed by atoms with Crippen LogP contribution >= 0.6 is 43.5 Å². The first-order chi connectivity index (χ1) is 8.64. The minimum Gasteiger partial charge on any atom is -0.207 e. The topological polar surface area (TPSA) is 46.2 Å². The average molecular weight is 432 g/mol. The molecular formula is C12H14Br2ClNO2S. The first-order valence-corrected chi connectivity index (χ1v) is 9.26. The van der Waals surface area contributed by atoms with E-state index < -0.39 is 10.0 Å². The largest absolute Gasteiger partial charge is 0.242 e. The zero-order valence-electron chi connectivity index (χ0n) is 10.5. The van der Waals surface area contributed by atoms with Gasteiger partial charge in [-0.3, -0.25) is 0 Å². The summed E-state index contributed by atoms with van der Waals surface area (Å²) in [4.78, 5) is 0.232. The van der Waals surface area contributed by atoms with Gasteiger partial charge in [0.15, 0.2) is 0 Å². The predicted molar refractivity (Wildman–Crippen MR) is 84.0 cm³/mol. The lowest BCUT2D eigenvalue weighted by Gasteiger charge is -2.49. The van der Waals surface area contributed by atoms with Gasteiger partial charge in [-0.2, -0.15) is 0 Å². The molecule has 19 heavy (non-hydrogen) atoms. The first kappa shape index (κ1) is 15.8. The maximum absolute atomic E-state index is 12.4. The van der Waals surface area contributed by atoms with E-state index in [1.807, 2.05) is 13.8 Å². The van der Waals surface area contributed by atoms with Crippen LogP contribution in [0.25, 0.3) is 0 Å². The Balaban J connectivity index is 2.27. The average Bonchev–Trinajstić information content (AvgIpc) is 2.31. The SMILES string of the molecule is CC1(C)C(Cl)CC1NS(=O)(=O)c1cc(Br)ccc1Br. The standard InChI is InChI=1S/C12H14Br2ClNO2S/c1-12(2)10(15)6-11(12)16-19(17,18)9-5-7(13)3-4-8(9)14/h3-5,10-11,16H,6H2,1-2H3. The minimum absolute atomic E-state index is 0.00569. The Morgan fingerprint density at radius 2 is 2.00 bits per heavy atom. The van der Waals surface area contributed by atoms with Crippen molar-refractivity contribution in [2.75, 3.05) is 0 Å². The summed E-state index contributed by atoms with van der Waals surface area (Å²) in [7, 11) is -3.55. The summed E-state index contributed by atoms with van der Waals surface area (Å²) >= 11 is 12.7. The van der Waals surface area contributed by atoms with E-state index in [1.165, 1.54) is 0 Å². The normalized spacial score (nSPS) is 25.9. The number of benzene rings is 1. The molecule has 1 saturated carbocycles. The van der Waals surface area contributed by atoms with Gasteiger partial charge in [-0.25, -0.2) is 13.1 Å². The number of hydrogen-bond acceptors (Lipinski definition) is 2. The van der Waals surface area contributed by atoms with E-state index in [2.05, 4.69) is 36.6 Å². The summed E-state index contributed by atoms with van der Waals surface area (Å²) in [5, 5.41) is 0.00569. The second-order valence-corrected chi connectivity index (χ2v) is 9.25. The van der Waals surface area contributed by atoms with Gasteiger partial charge in [-0.05, 0) is 46.0 Å². The van der Waals surface area contributed by atoms with E-state index in [0.29, 0.717) is 10.9 Å². The van der Waals surface area contributed by atoms with E-state index >= 15 is 0 Å². The predicted octanol–water partition coefficient (Wildman–Crippen LogP) is 3.90. The Hall–Kier alpha value is 0.380. The van der Waals surface area contributed by atoms with Crippen molar-refractivity contribution < 1.29 is 8.42 Å². The van der Waals surface area contributed by atoms with Gasteiger partial charge in [-0.15, -0.1) is 11.6 Å². The lowest BCUT2D eigenvalue weighted by atomic mass is 9.67. The molecule has 106 valence electrons. The molecule has 1 aliphatic rings. The Bertz CT molecular complexity index is 604. The van der Waals surface area contributed by atoms with E-state index in [-0.39, 0.29) is 21.7 Å². The van der Waals surface area contributed by atoms with Crippen LogP contribution in [0.2, 0.25) is 0 Å². The van der Waals surface area contributed by atoms with Crippen molar-refractivity contribution in [3.63, 3.8) is 0 Å². The molecule has 1 aliphatic carbocycles. The van der Waals surface area contributed by atoms with Crippen molar-refractivity contribution in [3.05, 3.63) is 27.1 Å². The quantitative estimate of drug-likeness (QED) is 0.738. The van der Waals surface area contributed by atoms with Crippen LogP contribution in [0.4, 0.5) is 0 Å². The second-order valence-electron chi connectivity index (χ2n) is 5.27. The summed E-state index contributed by atoms with van der Waals surface area (Å²) in [6.45, 7) is 3.94. The van der Waals surface area contributed by atoms with E-state index in [4.69, 9.17) is 11.6 Å². The molecule has 1 aromatic rings. The van der Waals surface area contributed by atoms with Gasteiger partial charge < -0.3 is 0 Å². The highest BCUT2D eigenvalue weighted by Crippen LogP contribution is 2.45. The third-order valence-corrected chi connectivity index (χ3v) is 7.33. The molecule has 0 spiro atoms. The zero-order valence-corrected chi connectivity index (χ0v) is 15.2. The van der Waals surface area contributed by atoms with E-state index in [1.54, 1.807) is 18.2 Å². The molecule has 1 N–H and O–H groups in total. The first-order valence-electron chi connectivity index (χ1n) is 5.76. The number of hydrogen-bond donors (Lipinski definition) is 1. The van der Waals surface area contributed by atoms with Crippen molar-refractivity contribution >= 4 is 53.5 Å². The maximum Gasteiger partial charge on any atom is 0.242 e. The number of nitrogens with one attached hydrogen (secondary N) is 1. The minimum atomic E-state index is -3.55. The molecule has 2 rings (SSSR count). The lowest BCUT2D eigenvalue weighted by molar-refractivity contribution is 0.137. The van der Waals surface area contributed by atoms with Crippen LogP contribution < -0.4 is 4.72 Å². The third-order valence-electron chi connectivity index (χ3n) is 3.63. The second kappa shape index (κ2) is 5.30. The third kappa shape index (κ3) is 3.02. The molecule has 2 atom stereocenters. The van der Waals surface area contributed by atoms with Crippen LogP contribution in [0.5, 0.6) is 0 Å². The van der Waals surface area contributed by atoms with E-state index in [9.17, 15) is 8.42 Å². The number of alkyl halides is 1. The molecule has 3 nitrogen and oxygen atoms in total. The number of sulfonamides is 1. The monoisotopic (exact) mass is 429 g/mol. The fourth-order valence-corrected chi connectivity index (χ4v) is 5.24. The Morgan fingerprint density at radius 1 is 1.37 bits per heavy atom. The van der Waals surface area contributed by atoms with Crippen molar-refractivity contribution in [3.8, 4) is 0 Å². The Labute approximate surface area is 135 Å². The van der Waals surface area contributed by atoms with Crippen LogP contribution in [0.3, 0.4) is 0 Å². The molecule has 7 heteroatoms. The van der Waals surface area contributed by atoms with Gasteiger partial charge in [0.1, 0.15) is 0 Å². The molecule has 0 radical (unpaired) electrons. The molecule has 1 aromatic carbocycles. The molecule has 0 bridgehead atoms. The lowest BCUT2D eigenvalue weighted by Crippen LogP contribution is -2.59. The fourth-order valence-electron chi connectivity index (χ4n) is 2.01. The van der Waals surface area contributed by atoms with Crippen LogP contribution in [0, 0.1) is 5.41 Å². The maximum atomic E-state index is 12.4. The molecule has 2 unspecified atom stereocenters. The van der Waals surface area contributed by atoms with Crippen LogP contribution in [0.15, 0.2) is 32.0 Å². The van der Waals surface area contributed by atoms with Crippen LogP contribution in [-0.4, -0.2) is 19.8 Å². The van der Waals surface area contributed by atoms with Crippen LogP contribution in [0.1, 0.15) is 20.3 Å². The molecule has 1 fully saturated rings. The number of halogens is 3. The molecule has 0 aromatic heterocycles. The van der Waals surface area contributed by atoms with Gasteiger partial charge >= 0.3 is 0 Å². The summed E-state index contributed by atoms with van der Waals surface area (Å²) in [5.41, 5.74) is -0.229. The highest BCUT2D eigenvalue weighted by Gasteiger charge is 2.48. The smallest absolute Gasteiger partial charge is 0.207 e. The van der Waals surface area contributed by atoms with Gasteiger partial charge in [-0.1, -0.05) is 29.8 Å². The summed E-state index contributed by atoms with van der Waals surface area (Å²) in [5.74, 6) is 0. The van der Waals surface area contributed by atoms with Crippen molar-refractivity contribution in [1.29, 1.82) is 0 Å². The highest BCUT2D eigenvalue weighted by atomic mass is 79.9. The molecular weight excluding hydrogens is 417 g/mol. The zero-order chi connectivity index (χ0) is 14.4. The highest BCUT2D eigenvalue weighted by molar-refractivity contribution is 9.11. The van der Waals surface area contributed by atoms with Crippen LogP contribution in [-0.2, 0) is 10.0 Å². The van der Waals surface area contributed by atoms with Crippen molar-refractivity contribution in [2.24, 2.45) is 5.41 Å². The van der Waals surface area contributed by atoms with Gasteiger partial charge in [0.2, 0.25) is 10.0 Å². The van der Waals surface area contributed by atoms with Gasteiger partial charge in [0.25, 0.3) is 0 Å². The van der Waals surface area contributed by atoms with Gasteiger partial charge in [0.05, 0.1) is 4.90 Å². The van der Waals surface area contributed by atoms with Gasteiger partial charge in [0, 0.05) is 20.4 Å². The Kier molecular flexibility index (Phi) is 4.39. The molecule has 0 saturated heterocycles. The van der Waals surface area contributed by atoms with Crippen molar-refractivity contribution in [1.82, 2.24) is 4.72 Å². The number of rotatable bonds is 3. The summed E-state index contributed by atoms with van der Waals surface area (Å²) in [6.07, 6.45) is 0.652. The summed E-state index contributed by atoms with van der Waals surface area (Å²) in [6, 6.07) is 4.93. The Morgan fingerprint density at radius 3 is 2.53 bits per heavy atom. The molecule has 0 amide bonds. The molecule has 0 aliphatic heterocycles. The van der Waals surface area contributed by atoms with E-state index in [0.717, 1.165) is 4.47 Å². The summed E-state index contributed by atoms with van der Waals surface area (Å²) < 4.78 is 28.8. The molecule has 0 heterocycles. The van der Waals surface area contributed by atoms with Crippen molar-refractivity contribution in [2.45, 2.75) is 36.6 Å². The fraction of sp³-hybridized carbons (Fsp3) is 0.500.